The molecule has 2 aliphatic rings. The molecule has 9 nitrogen and oxygen atoms in total. The summed E-state index contributed by atoms with van der Waals surface area (Å²) < 4.78 is 32.7. The van der Waals surface area contributed by atoms with Crippen LogP contribution in [-0.2, 0) is 16.1 Å². The maximum absolute atomic E-state index is 11.5. The van der Waals surface area contributed by atoms with Crippen LogP contribution >= 0.6 is 10.6 Å². The fourth-order valence-corrected chi connectivity index (χ4v) is 6.36. The summed E-state index contributed by atoms with van der Waals surface area (Å²) in [6.45, 7) is 6.86. The molecule has 10 heteroatoms. The summed E-state index contributed by atoms with van der Waals surface area (Å²) in [7, 11) is -1.33. The summed E-state index contributed by atoms with van der Waals surface area (Å²) in [5, 5.41) is 7.56. The number of aromatic nitrogens is 1. The summed E-state index contributed by atoms with van der Waals surface area (Å²) in [4.78, 5) is 19.1. The summed E-state index contributed by atoms with van der Waals surface area (Å²) in [5.74, 6) is 1.60. The highest BCUT2D eigenvalue weighted by Crippen LogP contribution is 2.52. The minimum absolute atomic E-state index is 0.0532. The third-order valence-electron chi connectivity index (χ3n) is 7.08. The number of fused-ring (bicyclic) bond motifs is 2. The molecule has 198 valence electrons. The second-order valence-corrected chi connectivity index (χ2v) is 12.3. The van der Waals surface area contributed by atoms with Crippen molar-refractivity contribution in [2.45, 2.75) is 25.3 Å². The highest BCUT2D eigenvalue weighted by atomic mass is 32.3. The van der Waals surface area contributed by atoms with Gasteiger partial charge in [-0.1, -0.05) is 11.6 Å². The van der Waals surface area contributed by atoms with Gasteiger partial charge in [-0.3, -0.25) is 13.9 Å². The van der Waals surface area contributed by atoms with E-state index in [1.807, 2.05) is 24.3 Å². The quantitative estimate of drug-likeness (QED) is 0.361. The van der Waals surface area contributed by atoms with Gasteiger partial charge in [0.2, 0.25) is 5.91 Å². The van der Waals surface area contributed by atoms with Gasteiger partial charge in [0.05, 0.1) is 41.9 Å². The highest BCUT2D eigenvalue weighted by molar-refractivity contribution is 8.24. The molecule has 2 aliphatic heterocycles. The lowest BCUT2D eigenvalue weighted by Gasteiger charge is -2.41. The Labute approximate surface area is 218 Å². The first-order valence-electron chi connectivity index (χ1n) is 12.3. The number of carbonyl (C=O) groups excluding carboxylic acids is 1. The van der Waals surface area contributed by atoms with Crippen molar-refractivity contribution in [3.8, 4) is 5.75 Å². The zero-order chi connectivity index (χ0) is 26.2. The van der Waals surface area contributed by atoms with Gasteiger partial charge in [-0.05, 0) is 42.8 Å². The maximum atomic E-state index is 11.5. The number of pyridine rings is 1. The van der Waals surface area contributed by atoms with Crippen LogP contribution in [0.2, 0.25) is 0 Å². The molecule has 1 aromatic heterocycles. The van der Waals surface area contributed by atoms with E-state index in [4.69, 9.17) is 14.5 Å². The highest BCUT2D eigenvalue weighted by Gasteiger charge is 2.39. The molecule has 0 atom stereocenters. The van der Waals surface area contributed by atoms with Gasteiger partial charge in [0.1, 0.15) is 11.6 Å². The van der Waals surface area contributed by atoms with E-state index in [1.165, 1.54) is 6.92 Å². The zero-order valence-electron chi connectivity index (χ0n) is 21.4. The van der Waals surface area contributed by atoms with Gasteiger partial charge in [-0.25, -0.2) is 4.98 Å². The molecule has 2 aromatic carbocycles. The monoisotopic (exact) mass is 526 g/mol. The van der Waals surface area contributed by atoms with Gasteiger partial charge in [0, 0.05) is 50.2 Å². The van der Waals surface area contributed by atoms with Gasteiger partial charge in [0.15, 0.2) is 0 Å². The van der Waals surface area contributed by atoms with Crippen molar-refractivity contribution in [1.29, 1.82) is 0 Å². The van der Waals surface area contributed by atoms with Gasteiger partial charge in [0.25, 0.3) is 0 Å². The fourth-order valence-electron chi connectivity index (χ4n) is 4.84. The Balaban J connectivity index is 1.49. The predicted molar refractivity (Wildman–Crippen MR) is 147 cm³/mol. The first kappa shape index (κ1) is 25.6. The zero-order valence-corrected chi connectivity index (χ0v) is 22.2. The molecule has 3 aromatic rings. The van der Waals surface area contributed by atoms with Crippen molar-refractivity contribution in [1.82, 2.24) is 10.3 Å². The lowest BCUT2D eigenvalue weighted by molar-refractivity contribution is -0.125. The number of aryl methyl sites for hydroxylation is 1. The van der Waals surface area contributed by atoms with Crippen LogP contribution in [-0.4, -0.2) is 65.7 Å². The van der Waals surface area contributed by atoms with Crippen LogP contribution in [0.5, 0.6) is 5.75 Å². The number of ether oxygens (including phenoxy) is 2. The number of nitrogens with zero attached hydrogens (tertiary/aromatic N) is 2. The van der Waals surface area contributed by atoms with Crippen molar-refractivity contribution in [2.75, 3.05) is 55.9 Å². The molecule has 5 rings (SSSR count). The average molecular weight is 527 g/mol. The number of nitrogens with one attached hydrogen (secondary N) is 2. The lowest BCUT2D eigenvalue weighted by atomic mass is 9.85. The van der Waals surface area contributed by atoms with Crippen LogP contribution in [0.3, 0.4) is 0 Å². The van der Waals surface area contributed by atoms with E-state index in [0.717, 1.165) is 33.5 Å². The molecule has 0 aliphatic carbocycles. The third kappa shape index (κ3) is 5.33. The van der Waals surface area contributed by atoms with Gasteiger partial charge in [-0.15, -0.1) is 0 Å². The number of carbonyl (C=O) groups is 1. The van der Waals surface area contributed by atoms with Crippen molar-refractivity contribution in [3.63, 3.8) is 0 Å². The van der Waals surface area contributed by atoms with E-state index >= 15 is 0 Å². The lowest BCUT2D eigenvalue weighted by Crippen LogP contribution is -2.54. The number of benzene rings is 2. The first-order chi connectivity index (χ1) is 17.7. The molecular formula is C27H34N4O5S. The van der Waals surface area contributed by atoms with E-state index in [9.17, 15) is 13.9 Å². The van der Waals surface area contributed by atoms with Crippen LogP contribution in [0.4, 0.5) is 11.5 Å². The standard InChI is InChI=1S/C27H34N4O5S/c1-18-4-6-23-22(10-18)24(29-15-27(16-36-17-27)14-28-19(2)32)12-26(30-23)31-8-9-37(33,34)25-7-5-21(35-3)11-20(25)13-31/h4-7,10-12,33-34H,8-9,13-17H2,1-3H3,(H,28,32)(H,29,30). The van der Waals surface area contributed by atoms with Crippen LogP contribution in [0.1, 0.15) is 18.1 Å². The number of anilines is 2. The third-order valence-corrected chi connectivity index (χ3v) is 8.94. The van der Waals surface area contributed by atoms with Gasteiger partial charge in [-0.2, -0.15) is 10.6 Å². The number of amides is 1. The molecule has 0 radical (unpaired) electrons. The summed E-state index contributed by atoms with van der Waals surface area (Å²) in [5.41, 5.74) is 3.58. The number of hydrogen-bond donors (Lipinski definition) is 4. The maximum Gasteiger partial charge on any atom is 0.216 e. The number of rotatable bonds is 7. The van der Waals surface area contributed by atoms with Crippen molar-refractivity contribution < 1.29 is 23.4 Å². The van der Waals surface area contributed by atoms with Crippen LogP contribution < -0.4 is 20.3 Å². The van der Waals surface area contributed by atoms with E-state index in [1.54, 1.807) is 19.2 Å². The van der Waals surface area contributed by atoms with E-state index < -0.39 is 10.6 Å². The smallest absolute Gasteiger partial charge is 0.216 e. The van der Waals surface area contributed by atoms with Crippen molar-refractivity contribution in [3.05, 3.63) is 53.6 Å². The second kappa shape index (κ2) is 10.0. The molecule has 0 saturated carbocycles. The Morgan fingerprint density at radius 3 is 2.70 bits per heavy atom. The Morgan fingerprint density at radius 2 is 2.00 bits per heavy atom. The molecule has 1 saturated heterocycles. The molecule has 1 amide bonds. The van der Waals surface area contributed by atoms with E-state index in [-0.39, 0.29) is 17.1 Å². The molecule has 1 fully saturated rings. The summed E-state index contributed by atoms with van der Waals surface area (Å²) >= 11 is 0. The Kier molecular flexibility index (Phi) is 6.93. The van der Waals surface area contributed by atoms with Gasteiger partial charge >= 0.3 is 0 Å². The van der Waals surface area contributed by atoms with Crippen LogP contribution in [0.15, 0.2) is 47.4 Å². The minimum atomic E-state index is -2.93. The van der Waals surface area contributed by atoms with Crippen molar-refractivity contribution in [2.24, 2.45) is 5.41 Å². The molecule has 37 heavy (non-hydrogen) atoms. The molecule has 3 heterocycles. The molecule has 0 spiro atoms. The van der Waals surface area contributed by atoms with Crippen LogP contribution in [0.25, 0.3) is 10.9 Å². The summed E-state index contributed by atoms with van der Waals surface area (Å²) in [6.07, 6.45) is 0. The molecular weight excluding hydrogens is 492 g/mol. The second-order valence-electron chi connectivity index (χ2n) is 10.1. The first-order valence-corrected chi connectivity index (χ1v) is 14.0. The number of methoxy groups -OCH3 is 1. The Bertz CT molecular complexity index is 1330. The Morgan fingerprint density at radius 1 is 1.19 bits per heavy atom. The Hall–Kier alpha value is -3.05. The van der Waals surface area contributed by atoms with E-state index in [0.29, 0.717) is 50.0 Å². The predicted octanol–water partition coefficient (Wildman–Crippen LogP) is 4.25. The average Bonchev–Trinajstić information content (AvgIpc) is 2.98. The SMILES string of the molecule is COc1ccc2c(c1)CN(c1cc(NCC3(CNC(C)=O)COC3)c3cc(C)ccc3n1)CCS2(O)O. The molecule has 4 N–H and O–H groups in total. The fraction of sp³-hybridized carbons (Fsp3) is 0.407. The van der Waals surface area contributed by atoms with Crippen LogP contribution in [0, 0.1) is 12.3 Å². The minimum Gasteiger partial charge on any atom is -0.497 e. The summed E-state index contributed by atoms with van der Waals surface area (Å²) in [6, 6.07) is 13.6. The van der Waals surface area contributed by atoms with Gasteiger partial charge < -0.3 is 25.0 Å². The number of hydrogen-bond acceptors (Lipinski definition) is 8. The largest absolute Gasteiger partial charge is 0.497 e. The van der Waals surface area contributed by atoms with E-state index in [2.05, 4.69) is 28.5 Å². The molecule has 0 unspecified atom stereocenters. The normalized spacial score (nSPS) is 18.8. The topological polar surface area (TPSA) is 116 Å². The molecule has 0 bridgehead atoms. The van der Waals surface area contributed by atoms with Crippen molar-refractivity contribution >= 4 is 38.9 Å².